The van der Waals surface area contributed by atoms with E-state index in [1.807, 2.05) is 34.0 Å². The van der Waals surface area contributed by atoms with E-state index in [4.69, 9.17) is 19.9 Å². The minimum absolute atomic E-state index is 0.107. The molecule has 0 bridgehead atoms. The highest BCUT2D eigenvalue weighted by atomic mass is 32.2. The monoisotopic (exact) mass is 479 g/mol. The number of nitrogens with two attached hydrogens (primary N) is 1. The molecule has 0 aliphatic carbocycles. The summed E-state index contributed by atoms with van der Waals surface area (Å²) >= 11 is 1.51. The van der Waals surface area contributed by atoms with Crippen LogP contribution in [0.5, 0.6) is 0 Å². The van der Waals surface area contributed by atoms with E-state index < -0.39 is 23.8 Å². The molecule has 2 aliphatic rings. The van der Waals surface area contributed by atoms with Crippen molar-refractivity contribution < 1.29 is 28.6 Å². The molecule has 2 saturated heterocycles. The second-order valence-electron chi connectivity index (χ2n) is 9.24. The van der Waals surface area contributed by atoms with E-state index in [0.29, 0.717) is 37.3 Å². The quantitative estimate of drug-likeness (QED) is 0.377. The Bertz CT molecular complexity index is 908. The first-order valence-electron chi connectivity index (χ1n) is 11.0. The van der Waals surface area contributed by atoms with Gasteiger partial charge >= 0.3 is 12.1 Å². The number of rotatable bonds is 6. The summed E-state index contributed by atoms with van der Waals surface area (Å²) in [7, 11) is 0. The standard InChI is InChI=1S/C23H33N3O6S/c1-14-17(7-6-16(24)20(14)33-5)26-12-18(31-22(26)29)21(28)25-10-8-15(9-11-25)30-13-19(27)32-23(2,3)4/h6-7,15,18H,8-13,24H2,1-5H3. The van der Waals surface area contributed by atoms with Gasteiger partial charge in [-0.05, 0) is 64.5 Å². The normalized spacial score (nSPS) is 19.5. The number of benzene rings is 1. The van der Waals surface area contributed by atoms with Crippen molar-refractivity contribution in [2.24, 2.45) is 0 Å². The average molecular weight is 480 g/mol. The van der Waals surface area contributed by atoms with Gasteiger partial charge in [0.2, 0.25) is 0 Å². The zero-order valence-corrected chi connectivity index (χ0v) is 20.7. The number of piperidine rings is 1. The number of cyclic esters (lactones) is 1. The first kappa shape index (κ1) is 25.2. The van der Waals surface area contributed by atoms with Gasteiger partial charge in [-0.25, -0.2) is 9.59 Å². The van der Waals surface area contributed by atoms with E-state index >= 15 is 0 Å². The van der Waals surface area contributed by atoms with Gasteiger partial charge in [-0.2, -0.15) is 0 Å². The summed E-state index contributed by atoms with van der Waals surface area (Å²) in [6.07, 6.45) is 1.62. The number of nitrogen functional groups attached to an aromatic ring is 1. The number of anilines is 2. The van der Waals surface area contributed by atoms with Crippen LogP contribution in [0.3, 0.4) is 0 Å². The fourth-order valence-corrected chi connectivity index (χ4v) is 4.77. The van der Waals surface area contributed by atoms with Crippen molar-refractivity contribution in [1.29, 1.82) is 0 Å². The Balaban J connectivity index is 1.53. The number of hydrogen-bond donors (Lipinski definition) is 1. The van der Waals surface area contributed by atoms with Gasteiger partial charge in [0.15, 0.2) is 6.10 Å². The van der Waals surface area contributed by atoms with E-state index in [9.17, 15) is 14.4 Å². The Morgan fingerprint density at radius 3 is 2.52 bits per heavy atom. The molecule has 0 aromatic heterocycles. The van der Waals surface area contributed by atoms with Crippen LogP contribution >= 0.6 is 11.8 Å². The maximum Gasteiger partial charge on any atom is 0.415 e. The van der Waals surface area contributed by atoms with Crippen molar-refractivity contribution >= 4 is 41.1 Å². The third-order valence-corrected chi connectivity index (χ3v) is 6.55. The summed E-state index contributed by atoms with van der Waals surface area (Å²) in [5.41, 5.74) is 7.72. The summed E-state index contributed by atoms with van der Waals surface area (Å²) in [4.78, 5) is 41.5. The van der Waals surface area contributed by atoms with Gasteiger partial charge in [0.1, 0.15) is 12.2 Å². The van der Waals surface area contributed by atoms with E-state index in [0.717, 1.165) is 10.5 Å². The minimum Gasteiger partial charge on any atom is -0.458 e. The number of esters is 1. The third kappa shape index (κ3) is 6.11. The van der Waals surface area contributed by atoms with Crippen LogP contribution in [0.25, 0.3) is 0 Å². The van der Waals surface area contributed by atoms with Gasteiger partial charge in [0, 0.05) is 23.7 Å². The topological polar surface area (TPSA) is 111 Å². The van der Waals surface area contributed by atoms with Crippen LogP contribution in [0.15, 0.2) is 17.0 Å². The Labute approximate surface area is 198 Å². The van der Waals surface area contributed by atoms with Crippen molar-refractivity contribution in [1.82, 2.24) is 4.90 Å². The van der Waals surface area contributed by atoms with E-state index in [-0.39, 0.29) is 25.2 Å². The van der Waals surface area contributed by atoms with Crippen LogP contribution in [0, 0.1) is 6.92 Å². The number of hydrogen-bond acceptors (Lipinski definition) is 8. The van der Waals surface area contributed by atoms with Crippen LogP contribution < -0.4 is 10.6 Å². The molecule has 1 atom stereocenters. The molecule has 1 unspecified atom stereocenters. The lowest BCUT2D eigenvalue weighted by atomic mass is 10.1. The molecule has 2 heterocycles. The van der Waals surface area contributed by atoms with Crippen LogP contribution in [0.1, 0.15) is 39.2 Å². The molecule has 10 heteroatoms. The Kier molecular flexibility index (Phi) is 7.79. The molecule has 2 amide bonds. The average Bonchev–Trinajstić information content (AvgIpc) is 3.12. The lowest BCUT2D eigenvalue weighted by molar-refractivity contribution is -0.163. The van der Waals surface area contributed by atoms with Crippen LogP contribution in [-0.4, -0.2) is 73.2 Å². The molecule has 0 radical (unpaired) electrons. The molecule has 2 N–H and O–H groups in total. The summed E-state index contributed by atoms with van der Waals surface area (Å²) in [5, 5.41) is 0. The number of carbonyl (C=O) groups is 3. The second-order valence-corrected chi connectivity index (χ2v) is 10.1. The lowest BCUT2D eigenvalue weighted by Gasteiger charge is -2.33. The Morgan fingerprint density at radius 1 is 1.24 bits per heavy atom. The van der Waals surface area contributed by atoms with Crippen molar-refractivity contribution in [3.8, 4) is 0 Å². The van der Waals surface area contributed by atoms with Gasteiger partial charge in [-0.1, -0.05) is 0 Å². The van der Waals surface area contributed by atoms with Crippen LogP contribution in [0.4, 0.5) is 16.2 Å². The van der Waals surface area contributed by atoms with E-state index in [2.05, 4.69) is 0 Å². The Hall–Kier alpha value is -2.46. The fraction of sp³-hybridized carbons (Fsp3) is 0.609. The van der Waals surface area contributed by atoms with Gasteiger partial charge in [0.25, 0.3) is 5.91 Å². The molecular formula is C23H33N3O6S. The van der Waals surface area contributed by atoms with E-state index in [1.54, 1.807) is 17.0 Å². The van der Waals surface area contributed by atoms with E-state index in [1.165, 1.54) is 16.7 Å². The summed E-state index contributed by atoms with van der Waals surface area (Å²) in [6, 6.07) is 3.55. The van der Waals surface area contributed by atoms with Gasteiger partial charge in [-0.15, -0.1) is 11.8 Å². The molecule has 0 saturated carbocycles. The molecule has 1 aromatic carbocycles. The maximum absolute atomic E-state index is 13.0. The number of carbonyl (C=O) groups excluding carboxylic acids is 3. The maximum atomic E-state index is 13.0. The smallest absolute Gasteiger partial charge is 0.415 e. The fourth-order valence-electron chi connectivity index (χ4n) is 4.06. The van der Waals surface area contributed by atoms with Gasteiger partial charge in [0.05, 0.1) is 18.3 Å². The van der Waals surface area contributed by atoms with Crippen LogP contribution in [-0.2, 0) is 23.8 Å². The molecule has 0 spiro atoms. The second kappa shape index (κ2) is 10.2. The minimum atomic E-state index is -0.855. The highest BCUT2D eigenvalue weighted by molar-refractivity contribution is 7.98. The zero-order chi connectivity index (χ0) is 24.3. The molecule has 182 valence electrons. The summed E-state index contributed by atoms with van der Waals surface area (Å²) in [6.45, 7) is 8.33. The highest BCUT2D eigenvalue weighted by Crippen LogP contribution is 2.35. The first-order valence-corrected chi connectivity index (χ1v) is 12.3. The first-order chi connectivity index (χ1) is 15.5. The number of nitrogens with zero attached hydrogens (tertiary/aromatic N) is 2. The van der Waals surface area contributed by atoms with Gasteiger partial charge in [-0.3, -0.25) is 9.69 Å². The predicted molar refractivity (Wildman–Crippen MR) is 126 cm³/mol. The molecule has 1 aromatic rings. The predicted octanol–water partition coefficient (Wildman–Crippen LogP) is 2.97. The SMILES string of the molecule is CSc1c(N)ccc(N2CC(C(=O)N3CCC(OCC(=O)OC(C)(C)C)CC3)OC2=O)c1C. The van der Waals surface area contributed by atoms with Crippen molar-refractivity contribution in [2.75, 3.05) is 43.1 Å². The zero-order valence-electron chi connectivity index (χ0n) is 19.9. The van der Waals surface area contributed by atoms with Gasteiger partial charge < -0.3 is 24.8 Å². The van der Waals surface area contributed by atoms with Crippen molar-refractivity contribution in [2.45, 2.75) is 63.2 Å². The summed E-state index contributed by atoms with van der Waals surface area (Å²) < 4.78 is 16.3. The number of thioether (sulfide) groups is 1. The van der Waals surface area contributed by atoms with Crippen molar-refractivity contribution in [3.63, 3.8) is 0 Å². The highest BCUT2D eigenvalue weighted by Gasteiger charge is 2.40. The molecule has 3 rings (SSSR count). The largest absolute Gasteiger partial charge is 0.458 e. The number of ether oxygens (including phenoxy) is 3. The van der Waals surface area contributed by atoms with Crippen LogP contribution in [0.2, 0.25) is 0 Å². The number of likely N-dealkylation sites (tertiary alicyclic amines) is 1. The molecule has 9 nitrogen and oxygen atoms in total. The third-order valence-electron chi connectivity index (χ3n) is 5.60. The van der Waals surface area contributed by atoms with Crippen molar-refractivity contribution in [3.05, 3.63) is 17.7 Å². The molecule has 33 heavy (non-hydrogen) atoms. The Morgan fingerprint density at radius 2 is 1.91 bits per heavy atom. The number of amides is 2. The molecule has 2 aliphatic heterocycles. The molecule has 2 fully saturated rings. The lowest BCUT2D eigenvalue weighted by Crippen LogP contribution is -2.46. The summed E-state index contributed by atoms with van der Waals surface area (Å²) in [5.74, 6) is -0.615. The molecular weight excluding hydrogens is 446 g/mol.